The molecule has 126 valence electrons. The van der Waals surface area contributed by atoms with E-state index in [4.69, 9.17) is 4.74 Å². The minimum absolute atomic E-state index is 0.0428. The molecule has 2 aromatic rings. The van der Waals surface area contributed by atoms with Crippen molar-refractivity contribution in [3.8, 4) is 6.01 Å². The van der Waals surface area contributed by atoms with Gasteiger partial charge in [0.2, 0.25) is 5.91 Å². The molecule has 0 bridgehead atoms. The van der Waals surface area contributed by atoms with Crippen LogP contribution in [0.15, 0.2) is 47.6 Å². The minimum Gasteiger partial charge on any atom is -0.460 e. The summed E-state index contributed by atoms with van der Waals surface area (Å²) < 4.78 is 18.6. The number of aromatic nitrogens is 2. The van der Waals surface area contributed by atoms with Crippen molar-refractivity contribution in [1.29, 1.82) is 0 Å². The standard InChI is InChI=1S/C17H18FN3O2S/c18-13-2-4-15(5-3-13)24-12-16(22)21-10-6-14(7-11-21)23-17-19-8-1-9-20-17/h1-5,8-9,14H,6-7,10-12H2. The van der Waals surface area contributed by atoms with Crippen LogP contribution in [0.5, 0.6) is 6.01 Å². The molecule has 0 N–H and O–H groups in total. The summed E-state index contributed by atoms with van der Waals surface area (Å²) in [5, 5.41) is 0. The molecule has 7 heteroatoms. The van der Waals surface area contributed by atoms with Crippen LogP contribution >= 0.6 is 11.8 Å². The highest BCUT2D eigenvalue weighted by atomic mass is 32.2. The summed E-state index contributed by atoms with van der Waals surface area (Å²) in [6.45, 7) is 1.33. The zero-order valence-corrected chi connectivity index (χ0v) is 13.9. The van der Waals surface area contributed by atoms with Gasteiger partial charge in [-0.3, -0.25) is 4.79 Å². The Morgan fingerprint density at radius 1 is 1.21 bits per heavy atom. The number of carbonyl (C=O) groups is 1. The molecule has 1 aromatic carbocycles. The van der Waals surface area contributed by atoms with Gasteiger partial charge in [0, 0.05) is 43.2 Å². The molecule has 1 fully saturated rings. The van der Waals surface area contributed by atoms with Gasteiger partial charge in [0.1, 0.15) is 11.9 Å². The Balaban J connectivity index is 1.42. The van der Waals surface area contributed by atoms with Gasteiger partial charge in [-0.15, -0.1) is 11.8 Å². The van der Waals surface area contributed by atoms with E-state index < -0.39 is 0 Å². The van der Waals surface area contributed by atoms with Crippen LogP contribution in [0.4, 0.5) is 4.39 Å². The number of halogens is 1. The monoisotopic (exact) mass is 347 g/mol. The summed E-state index contributed by atoms with van der Waals surface area (Å²) in [5.74, 6) is 0.188. The van der Waals surface area contributed by atoms with Crippen molar-refractivity contribution >= 4 is 17.7 Å². The quantitative estimate of drug-likeness (QED) is 0.779. The first-order chi connectivity index (χ1) is 11.7. The van der Waals surface area contributed by atoms with Crippen LogP contribution in [0.3, 0.4) is 0 Å². The lowest BCUT2D eigenvalue weighted by atomic mass is 10.1. The van der Waals surface area contributed by atoms with Crippen LogP contribution in [0, 0.1) is 5.82 Å². The second-order valence-electron chi connectivity index (χ2n) is 5.47. The number of benzene rings is 1. The van der Waals surface area contributed by atoms with Crippen LogP contribution in [0.1, 0.15) is 12.8 Å². The van der Waals surface area contributed by atoms with Crippen molar-refractivity contribution in [2.75, 3.05) is 18.8 Å². The molecule has 0 radical (unpaired) electrons. The lowest BCUT2D eigenvalue weighted by Crippen LogP contribution is -2.42. The summed E-state index contributed by atoms with van der Waals surface area (Å²) in [7, 11) is 0. The van der Waals surface area contributed by atoms with Crippen molar-refractivity contribution in [3.05, 3.63) is 48.5 Å². The lowest BCUT2D eigenvalue weighted by molar-refractivity contribution is -0.130. The number of piperidine rings is 1. The Labute approximate surface area is 144 Å². The van der Waals surface area contributed by atoms with Gasteiger partial charge < -0.3 is 9.64 Å². The van der Waals surface area contributed by atoms with E-state index in [0.717, 1.165) is 17.7 Å². The first-order valence-electron chi connectivity index (χ1n) is 7.80. The van der Waals surface area contributed by atoms with Gasteiger partial charge in [0.15, 0.2) is 0 Å². The molecule has 2 heterocycles. The molecule has 1 aromatic heterocycles. The Bertz CT molecular complexity index is 661. The van der Waals surface area contributed by atoms with Crippen LogP contribution in [0.25, 0.3) is 0 Å². The number of hydrogen-bond donors (Lipinski definition) is 0. The number of carbonyl (C=O) groups excluding carboxylic acids is 1. The third kappa shape index (κ3) is 4.67. The summed E-state index contributed by atoms with van der Waals surface area (Å²) in [6.07, 6.45) is 4.87. The molecule has 3 rings (SSSR count). The fraction of sp³-hybridized carbons (Fsp3) is 0.353. The van der Waals surface area contributed by atoms with Gasteiger partial charge in [-0.1, -0.05) is 0 Å². The molecular weight excluding hydrogens is 329 g/mol. The number of hydrogen-bond acceptors (Lipinski definition) is 5. The molecular formula is C17H18FN3O2S. The summed E-state index contributed by atoms with van der Waals surface area (Å²) in [6, 6.07) is 8.31. The highest BCUT2D eigenvalue weighted by Crippen LogP contribution is 2.20. The van der Waals surface area contributed by atoms with Crippen molar-refractivity contribution in [2.24, 2.45) is 0 Å². The predicted octanol–water partition coefficient (Wildman–Crippen LogP) is 2.78. The number of thioether (sulfide) groups is 1. The third-order valence-corrected chi connectivity index (χ3v) is 4.78. The number of amides is 1. The lowest BCUT2D eigenvalue weighted by Gasteiger charge is -2.31. The Morgan fingerprint density at radius 2 is 1.88 bits per heavy atom. The largest absolute Gasteiger partial charge is 0.460 e. The average Bonchev–Trinajstić information content (AvgIpc) is 2.62. The first-order valence-corrected chi connectivity index (χ1v) is 8.79. The predicted molar refractivity (Wildman–Crippen MR) is 89.4 cm³/mol. The normalized spacial score (nSPS) is 15.3. The van der Waals surface area contributed by atoms with E-state index in [1.807, 2.05) is 4.90 Å². The Hall–Kier alpha value is -2.15. The van der Waals surface area contributed by atoms with Gasteiger partial charge >= 0.3 is 6.01 Å². The van der Waals surface area contributed by atoms with E-state index >= 15 is 0 Å². The zero-order chi connectivity index (χ0) is 16.8. The fourth-order valence-corrected chi connectivity index (χ4v) is 3.29. The molecule has 0 unspecified atom stereocenters. The fourth-order valence-electron chi connectivity index (χ4n) is 2.49. The SMILES string of the molecule is O=C(CSc1ccc(F)cc1)N1CCC(Oc2ncccn2)CC1. The van der Waals surface area contributed by atoms with Gasteiger partial charge in [-0.2, -0.15) is 0 Å². The highest BCUT2D eigenvalue weighted by Gasteiger charge is 2.24. The molecule has 0 saturated carbocycles. The summed E-state index contributed by atoms with van der Waals surface area (Å²) in [4.78, 5) is 23.1. The maximum absolute atomic E-state index is 12.9. The third-order valence-electron chi connectivity index (χ3n) is 3.78. The van der Waals surface area contributed by atoms with Crippen LogP contribution in [-0.4, -0.2) is 45.7 Å². The van der Waals surface area contributed by atoms with E-state index in [9.17, 15) is 9.18 Å². The van der Waals surface area contributed by atoms with E-state index in [1.165, 1.54) is 23.9 Å². The van der Waals surface area contributed by atoms with Crippen molar-refractivity contribution in [2.45, 2.75) is 23.8 Å². The minimum atomic E-state index is -0.268. The maximum atomic E-state index is 12.9. The first kappa shape index (κ1) is 16.7. The van der Waals surface area contributed by atoms with Crippen LogP contribution in [-0.2, 0) is 4.79 Å². The summed E-state index contributed by atoms with van der Waals surface area (Å²) >= 11 is 1.43. The van der Waals surface area contributed by atoms with E-state index in [0.29, 0.717) is 24.9 Å². The molecule has 1 aliphatic heterocycles. The number of ether oxygens (including phenoxy) is 1. The van der Waals surface area contributed by atoms with Gasteiger partial charge in [-0.05, 0) is 30.3 Å². The van der Waals surface area contributed by atoms with Crippen molar-refractivity contribution in [3.63, 3.8) is 0 Å². The smallest absolute Gasteiger partial charge is 0.316 e. The van der Waals surface area contributed by atoms with Gasteiger partial charge in [0.25, 0.3) is 0 Å². The van der Waals surface area contributed by atoms with Crippen molar-refractivity contribution < 1.29 is 13.9 Å². The second kappa shape index (κ2) is 8.10. The molecule has 0 aliphatic carbocycles. The average molecular weight is 347 g/mol. The van der Waals surface area contributed by atoms with Gasteiger partial charge in [0.05, 0.1) is 5.75 Å². The molecule has 1 amide bonds. The number of nitrogens with zero attached hydrogens (tertiary/aromatic N) is 3. The topological polar surface area (TPSA) is 55.3 Å². The Morgan fingerprint density at radius 3 is 2.54 bits per heavy atom. The zero-order valence-electron chi connectivity index (χ0n) is 13.1. The molecule has 0 spiro atoms. The van der Waals surface area contributed by atoms with Gasteiger partial charge in [-0.25, -0.2) is 14.4 Å². The van der Waals surface area contributed by atoms with Crippen LogP contribution in [0.2, 0.25) is 0 Å². The Kier molecular flexibility index (Phi) is 5.63. The van der Waals surface area contributed by atoms with E-state index in [2.05, 4.69) is 9.97 Å². The molecule has 0 atom stereocenters. The highest BCUT2D eigenvalue weighted by molar-refractivity contribution is 8.00. The molecule has 1 aliphatic rings. The summed E-state index contributed by atoms with van der Waals surface area (Å²) in [5.41, 5.74) is 0. The number of rotatable bonds is 5. The van der Waals surface area contributed by atoms with E-state index in [-0.39, 0.29) is 17.8 Å². The molecule has 5 nitrogen and oxygen atoms in total. The van der Waals surface area contributed by atoms with Crippen LogP contribution < -0.4 is 4.74 Å². The molecule has 1 saturated heterocycles. The maximum Gasteiger partial charge on any atom is 0.316 e. The van der Waals surface area contributed by atoms with E-state index in [1.54, 1.807) is 30.6 Å². The second-order valence-corrected chi connectivity index (χ2v) is 6.52. The van der Waals surface area contributed by atoms with Crippen molar-refractivity contribution in [1.82, 2.24) is 14.9 Å². The molecule has 24 heavy (non-hydrogen) atoms. The number of likely N-dealkylation sites (tertiary alicyclic amines) is 1.